The number of nitrogens with one attached hydrogen (secondary N) is 2. The number of ether oxygens (including phenoxy) is 5. The molecule has 2 saturated heterocycles. The van der Waals surface area contributed by atoms with Crippen LogP contribution in [0.25, 0.3) is 0 Å². The van der Waals surface area contributed by atoms with Crippen LogP contribution in [0.1, 0.15) is 37.0 Å². The molecule has 3 aliphatic rings. The smallest absolute Gasteiger partial charge is 0.338 e. The van der Waals surface area contributed by atoms with Crippen molar-refractivity contribution in [3.05, 3.63) is 108 Å². The van der Waals surface area contributed by atoms with Gasteiger partial charge in [-0.05, 0) is 23.6 Å². The Morgan fingerprint density at radius 2 is 1.58 bits per heavy atom. The Hall–Kier alpha value is -4.25. The number of guanidine groups is 1. The fraction of sp³-hybridized carbons (Fsp3) is 0.400. The number of hydrogen-bond donors (Lipinski definition) is 2. The van der Waals surface area contributed by atoms with E-state index in [4.69, 9.17) is 28.7 Å². The lowest BCUT2D eigenvalue weighted by Crippen LogP contribution is -2.81. The Morgan fingerprint density at radius 1 is 0.956 bits per heavy atom. The van der Waals surface area contributed by atoms with Gasteiger partial charge in [-0.25, -0.2) is 9.79 Å². The molecule has 3 aromatic rings. The molecule has 10 nitrogen and oxygen atoms in total. The first-order chi connectivity index (χ1) is 21.8. The first-order valence-corrected chi connectivity index (χ1v) is 15.2. The minimum atomic E-state index is -1.20. The van der Waals surface area contributed by atoms with Gasteiger partial charge in [0, 0.05) is 32.9 Å². The van der Waals surface area contributed by atoms with Gasteiger partial charge < -0.3 is 34.3 Å². The maximum absolute atomic E-state index is 13.8. The number of esters is 2. The highest BCUT2D eigenvalue weighted by molar-refractivity contribution is 5.85. The van der Waals surface area contributed by atoms with Gasteiger partial charge in [-0.15, -0.1) is 0 Å². The van der Waals surface area contributed by atoms with Crippen LogP contribution in [0.5, 0.6) is 0 Å². The molecule has 236 valence electrons. The second-order valence-corrected chi connectivity index (χ2v) is 12.0. The molecule has 2 heterocycles. The number of rotatable bonds is 10. The lowest BCUT2D eigenvalue weighted by Gasteiger charge is -2.58. The van der Waals surface area contributed by atoms with E-state index in [1.807, 2.05) is 91.0 Å². The third-order valence-corrected chi connectivity index (χ3v) is 8.86. The van der Waals surface area contributed by atoms with Crippen LogP contribution in [-0.2, 0) is 53.0 Å². The second-order valence-electron chi connectivity index (χ2n) is 12.0. The third kappa shape index (κ3) is 6.18. The summed E-state index contributed by atoms with van der Waals surface area (Å²) in [5.41, 5.74) is 0.644. The molecule has 7 atom stereocenters. The van der Waals surface area contributed by atoms with Gasteiger partial charge >= 0.3 is 11.9 Å². The standard InChI is InChI=1S/C35H39N3O7/c1-23(39)45-34(2)19-27-32(41-3)44-30-31(40)43-28(34)29(42-22-26-17-11-6-12-18-26)35(27,30)38-33(36-20-24-13-7-4-8-14-24)37-21-25-15-9-5-10-16-25/h4-18,27-30,32H,19-22H2,1-3H3,(H2,36,37,38)/t27-,28+,29-,30-,32-,34+,35-/m1/s1. The molecule has 3 aromatic carbocycles. The summed E-state index contributed by atoms with van der Waals surface area (Å²) in [6, 6.07) is 29.6. The molecule has 0 amide bonds. The van der Waals surface area contributed by atoms with Crippen LogP contribution in [0.2, 0.25) is 0 Å². The van der Waals surface area contributed by atoms with Crippen molar-refractivity contribution in [3.63, 3.8) is 0 Å². The van der Waals surface area contributed by atoms with Gasteiger partial charge in [0.25, 0.3) is 0 Å². The highest BCUT2D eigenvalue weighted by atomic mass is 16.7. The summed E-state index contributed by atoms with van der Waals surface area (Å²) in [4.78, 5) is 31.1. The summed E-state index contributed by atoms with van der Waals surface area (Å²) in [7, 11) is 1.54. The summed E-state index contributed by atoms with van der Waals surface area (Å²) in [5.74, 6) is -1.08. The third-order valence-electron chi connectivity index (χ3n) is 8.86. The summed E-state index contributed by atoms with van der Waals surface area (Å²) < 4.78 is 30.8. The Bertz CT molecular complexity index is 1510. The zero-order chi connectivity index (χ0) is 31.4. The molecule has 0 radical (unpaired) electrons. The van der Waals surface area contributed by atoms with Crippen LogP contribution in [0.3, 0.4) is 0 Å². The molecule has 0 spiro atoms. The lowest BCUT2D eigenvalue weighted by atomic mass is 9.61. The van der Waals surface area contributed by atoms with E-state index in [1.54, 1.807) is 6.92 Å². The first-order valence-electron chi connectivity index (χ1n) is 15.2. The highest BCUT2D eigenvalue weighted by Crippen LogP contribution is 2.55. The molecule has 2 N–H and O–H groups in total. The molecule has 0 unspecified atom stereocenters. The van der Waals surface area contributed by atoms with E-state index in [-0.39, 0.29) is 6.61 Å². The van der Waals surface area contributed by atoms with Gasteiger partial charge in [-0.2, -0.15) is 0 Å². The number of methoxy groups -OCH3 is 1. The number of fused-ring (bicyclic) bond motifs is 1. The second kappa shape index (κ2) is 13.0. The van der Waals surface area contributed by atoms with E-state index in [0.717, 1.165) is 16.7 Å². The van der Waals surface area contributed by atoms with Crippen molar-refractivity contribution in [1.29, 1.82) is 0 Å². The monoisotopic (exact) mass is 613 g/mol. The summed E-state index contributed by atoms with van der Waals surface area (Å²) in [6.07, 6.45) is -3.32. The predicted molar refractivity (Wildman–Crippen MR) is 166 cm³/mol. The Labute approximate surface area is 263 Å². The summed E-state index contributed by atoms with van der Waals surface area (Å²) in [6.45, 7) is 4.22. The van der Waals surface area contributed by atoms with E-state index in [0.29, 0.717) is 25.5 Å². The van der Waals surface area contributed by atoms with Crippen molar-refractivity contribution in [2.45, 2.75) is 75.7 Å². The van der Waals surface area contributed by atoms with Gasteiger partial charge in [-0.1, -0.05) is 91.0 Å². The van der Waals surface area contributed by atoms with Crippen LogP contribution in [0.15, 0.2) is 96.0 Å². The fourth-order valence-electron chi connectivity index (χ4n) is 6.88. The zero-order valence-corrected chi connectivity index (χ0v) is 25.7. The van der Waals surface area contributed by atoms with E-state index in [2.05, 4.69) is 10.6 Å². The van der Waals surface area contributed by atoms with Gasteiger partial charge in [0.15, 0.2) is 24.5 Å². The largest absolute Gasteiger partial charge is 0.455 e. The van der Waals surface area contributed by atoms with Crippen LogP contribution in [0.4, 0.5) is 0 Å². The summed E-state index contributed by atoms with van der Waals surface area (Å²) in [5, 5.41) is 7.11. The number of aliphatic imine (C=N–C) groups is 1. The quantitative estimate of drug-likeness (QED) is 0.200. The average Bonchev–Trinajstić information content (AvgIpc) is 3.38. The molecular formula is C35H39N3O7. The highest BCUT2D eigenvalue weighted by Gasteiger charge is 2.76. The Balaban J connectivity index is 1.42. The van der Waals surface area contributed by atoms with Crippen molar-refractivity contribution < 1.29 is 33.3 Å². The molecule has 1 saturated carbocycles. The van der Waals surface area contributed by atoms with Gasteiger partial charge in [0.2, 0.25) is 0 Å². The Morgan fingerprint density at radius 3 is 2.20 bits per heavy atom. The summed E-state index contributed by atoms with van der Waals surface area (Å²) >= 11 is 0. The van der Waals surface area contributed by atoms with Crippen molar-refractivity contribution in [1.82, 2.24) is 10.6 Å². The molecule has 10 heteroatoms. The molecule has 6 rings (SSSR count). The number of carbonyl (C=O) groups excluding carboxylic acids is 2. The number of benzene rings is 3. The average molecular weight is 614 g/mol. The first kappa shape index (κ1) is 30.8. The molecule has 2 bridgehead atoms. The molecule has 2 aliphatic heterocycles. The van der Waals surface area contributed by atoms with E-state index < -0.39 is 53.6 Å². The lowest BCUT2D eigenvalue weighted by molar-refractivity contribution is -0.257. The number of carbonyl (C=O) groups is 2. The number of hydrogen-bond acceptors (Lipinski definition) is 8. The number of nitrogens with zero attached hydrogens (tertiary/aromatic N) is 1. The van der Waals surface area contributed by atoms with Crippen LogP contribution < -0.4 is 10.6 Å². The minimum Gasteiger partial charge on any atom is -0.455 e. The van der Waals surface area contributed by atoms with Gasteiger partial charge in [-0.3, -0.25) is 4.79 Å². The Kier molecular flexibility index (Phi) is 8.89. The topological polar surface area (TPSA) is 117 Å². The minimum absolute atomic E-state index is 0.226. The zero-order valence-electron chi connectivity index (χ0n) is 25.7. The van der Waals surface area contributed by atoms with Crippen molar-refractivity contribution in [2.24, 2.45) is 10.9 Å². The van der Waals surface area contributed by atoms with E-state index >= 15 is 0 Å². The molecule has 0 aromatic heterocycles. The maximum atomic E-state index is 13.8. The molecular weight excluding hydrogens is 574 g/mol. The van der Waals surface area contributed by atoms with Crippen LogP contribution in [0, 0.1) is 5.92 Å². The predicted octanol–water partition coefficient (Wildman–Crippen LogP) is 3.88. The van der Waals surface area contributed by atoms with Gasteiger partial charge in [0.05, 0.1) is 13.2 Å². The SMILES string of the molecule is CO[C@@H]1O[C@@H]2C(=O)O[C@H]3[C@@H](OCc4ccccc4)[C@]2(NC(=NCc2ccccc2)NCc2ccccc2)[C@@H]1C[C@]3(C)OC(C)=O. The molecule has 45 heavy (non-hydrogen) atoms. The van der Waals surface area contributed by atoms with E-state index in [9.17, 15) is 9.59 Å². The van der Waals surface area contributed by atoms with Gasteiger partial charge in [0.1, 0.15) is 17.2 Å². The van der Waals surface area contributed by atoms with Crippen molar-refractivity contribution in [2.75, 3.05) is 7.11 Å². The van der Waals surface area contributed by atoms with E-state index in [1.165, 1.54) is 14.0 Å². The molecule has 3 fully saturated rings. The maximum Gasteiger partial charge on any atom is 0.338 e. The van der Waals surface area contributed by atoms with Crippen LogP contribution >= 0.6 is 0 Å². The fourth-order valence-corrected chi connectivity index (χ4v) is 6.88. The van der Waals surface area contributed by atoms with Crippen LogP contribution in [-0.4, -0.2) is 60.7 Å². The van der Waals surface area contributed by atoms with Crippen molar-refractivity contribution in [3.8, 4) is 0 Å². The normalized spacial score (nSPS) is 30.3. The molecule has 1 aliphatic carbocycles. The van der Waals surface area contributed by atoms with Crippen molar-refractivity contribution >= 4 is 17.9 Å².